The van der Waals surface area contributed by atoms with E-state index in [0.717, 1.165) is 0 Å². The smallest absolute Gasteiger partial charge is 0.307 e. The topological polar surface area (TPSA) is 92.3 Å². The fourth-order valence-corrected chi connectivity index (χ4v) is 1.38. The fourth-order valence-electron chi connectivity index (χ4n) is 1.38. The van der Waals surface area contributed by atoms with Gasteiger partial charge in [-0.25, -0.2) is 4.98 Å². The second-order valence-corrected chi connectivity index (χ2v) is 3.57. The molecule has 0 radical (unpaired) electrons. The van der Waals surface area contributed by atoms with E-state index in [1.165, 1.54) is 12.4 Å². The summed E-state index contributed by atoms with van der Waals surface area (Å²) < 4.78 is 5.34. The van der Waals surface area contributed by atoms with Crippen LogP contribution in [0.5, 0.6) is 11.6 Å². The lowest BCUT2D eigenvalue weighted by molar-refractivity contribution is -0.136. The minimum absolute atomic E-state index is 0.0382. The summed E-state index contributed by atoms with van der Waals surface area (Å²) >= 11 is 0. The van der Waals surface area contributed by atoms with E-state index in [1.54, 1.807) is 24.3 Å². The van der Waals surface area contributed by atoms with Gasteiger partial charge in [-0.3, -0.25) is 9.59 Å². The van der Waals surface area contributed by atoms with Gasteiger partial charge in [0.2, 0.25) is 5.88 Å². The molecule has 0 amide bonds. The third kappa shape index (κ3) is 3.18. The molecule has 0 saturated heterocycles. The number of carboxylic acid groups (broad SMARTS) is 1. The maximum Gasteiger partial charge on any atom is 0.307 e. The summed E-state index contributed by atoms with van der Waals surface area (Å²) in [5.74, 6) is -0.216. The zero-order valence-electron chi connectivity index (χ0n) is 9.29. The highest BCUT2D eigenvalue weighted by Crippen LogP contribution is 2.18. The number of aromatic nitrogens is 2. The first kappa shape index (κ1) is 11.8. The molecule has 1 heterocycles. The Morgan fingerprint density at radius 2 is 2.06 bits per heavy atom. The van der Waals surface area contributed by atoms with Crippen LogP contribution in [0.2, 0.25) is 0 Å². The summed E-state index contributed by atoms with van der Waals surface area (Å²) in [6.45, 7) is 0. The SMILES string of the molecule is O=C(O)Cc1ccc(Oc2cc(=O)[nH]cn2)cc1. The van der Waals surface area contributed by atoms with Gasteiger partial charge >= 0.3 is 5.97 Å². The number of aromatic amines is 1. The summed E-state index contributed by atoms with van der Waals surface area (Å²) in [6, 6.07) is 7.78. The van der Waals surface area contributed by atoms with Gasteiger partial charge in [-0.1, -0.05) is 12.1 Å². The number of carbonyl (C=O) groups is 1. The number of nitrogens with one attached hydrogen (secondary N) is 1. The number of nitrogens with zero attached hydrogens (tertiary/aromatic N) is 1. The molecule has 0 saturated carbocycles. The molecule has 1 aromatic carbocycles. The van der Waals surface area contributed by atoms with Gasteiger partial charge < -0.3 is 14.8 Å². The first-order valence-corrected chi connectivity index (χ1v) is 5.17. The number of rotatable bonds is 4. The molecule has 0 aliphatic rings. The molecular weight excluding hydrogens is 236 g/mol. The van der Waals surface area contributed by atoms with Crippen LogP contribution in [-0.4, -0.2) is 21.0 Å². The number of hydrogen-bond acceptors (Lipinski definition) is 4. The average molecular weight is 246 g/mol. The summed E-state index contributed by atoms with van der Waals surface area (Å²) in [7, 11) is 0. The quantitative estimate of drug-likeness (QED) is 0.845. The highest BCUT2D eigenvalue weighted by Gasteiger charge is 2.02. The van der Waals surface area contributed by atoms with E-state index in [-0.39, 0.29) is 17.9 Å². The maximum atomic E-state index is 11.0. The number of H-pyrrole nitrogens is 1. The van der Waals surface area contributed by atoms with Gasteiger partial charge in [0, 0.05) is 0 Å². The van der Waals surface area contributed by atoms with Gasteiger partial charge in [0.15, 0.2) is 0 Å². The summed E-state index contributed by atoms with van der Waals surface area (Å²) in [6.07, 6.45) is 1.21. The number of aliphatic carboxylic acids is 1. The molecule has 6 nitrogen and oxygen atoms in total. The molecule has 2 N–H and O–H groups in total. The molecule has 0 aliphatic carbocycles. The van der Waals surface area contributed by atoms with Crippen LogP contribution in [0.3, 0.4) is 0 Å². The zero-order valence-corrected chi connectivity index (χ0v) is 9.29. The van der Waals surface area contributed by atoms with Crippen molar-refractivity contribution in [1.82, 2.24) is 9.97 Å². The van der Waals surface area contributed by atoms with Crippen molar-refractivity contribution in [3.05, 3.63) is 52.6 Å². The van der Waals surface area contributed by atoms with Crippen molar-refractivity contribution in [2.45, 2.75) is 6.42 Å². The Labute approximate surface area is 102 Å². The minimum atomic E-state index is -0.889. The summed E-state index contributed by atoms with van der Waals surface area (Å²) in [5, 5.41) is 8.62. The van der Waals surface area contributed by atoms with Crippen molar-refractivity contribution in [1.29, 1.82) is 0 Å². The van der Waals surface area contributed by atoms with E-state index in [4.69, 9.17) is 9.84 Å². The van der Waals surface area contributed by atoms with Crippen molar-refractivity contribution in [2.75, 3.05) is 0 Å². The first-order chi connectivity index (χ1) is 8.63. The lowest BCUT2D eigenvalue weighted by atomic mass is 10.1. The highest BCUT2D eigenvalue weighted by atomic mass is 16.5. The fraction of sp³-hybridized carbons (Fsp3) is 0.0833. The van der Waals surface area contributed by atoms with E-state index in [2.05, 4.69) is 9.97 Å². The average Bonchev–Trinajstić information content (AvgIpc) is 2.31. The van der Waals surface area contributed by atoms with Crippen LogP contribution < -0.4 is 10.3 Å². The van der Waals surface area contributed by atoms with Crippen LogP contribution in [0.25, 0.3) is 0 Å². The molecule has 0 unspecified atom stereocenters. The Hall–Kier alpha value is -2.63. The first-order valence-electron chi connectivity index (χ1n) is 5.17. The lowest BCUT2D eigenvalue weighted by Gasteiger charge is -2.04. The summed E-state index contributed by atoms with van der Waals surface area (Å²) in [4.78, 5) is 27.7. The van der Waals surface area contributed by atoms with Gasteiger partial charge in [0.25, 0.3) is 5.56 Å². The van der Waals surface area contributed by atoms with Crippen molar-refractivity contribution in [3.8, 4) is 11.6 Å². The van der Waals surface area contributed by atoms with Crippen LogP contribution in [0.1, 0.15) is 5.56 Å². The van der Waals surface area contributed by atoms with Crippen LogP contribution >= 0.6 is 0 Å². The van der Waals surface area contributed by atoms with Crippen molar-refractivity contribution in [3.63, 3.8) is 0 Å². The molecule has 0 fully saturated rings. The Morgan fingerprint density at radius 3 is 2.67 bits per heavy atom. The van der Waals surface area contributed by atoms with Crippen LogP contribution in [0.15, 0.2) is 41.5 Å². The number of hydrogen-bond donors (Lipinski definition) is 2. The molecule has 0 bridgehead atoms. The third-order valence-electron chi connectivity index (χ3n) is 2.15. The maximum absolute atomic E-state index is 11.0. The van der Waals surface area contributed by atoms with Gasteiger partial charge in [0.1, 0.15) is 5.75 Å². The molecule has 18 heavy (non-hydrogen) atoms. The predicted octanol–water partition coefficient (Wildman–Crippen LogP) is 1.19. The van der Waals surface area contributed by atoms with E-state index in [0.29, 0.717) is 11.3 Å². The monoisotopic (exact) mass is 246 g/mol. The van der Waals surface area contributed by atoms with Crippen molar-refractivity contribution >= 4 is 5.97 Å². The Balaban J connectivity index is 2.11. The number of carboxylic acids is 1. The normalized spacial score (nSPS) is 10.0. The third-order valence-corrected chi connectivity index (χ3v) is 2.15. The molecular formula is C12H10N2O4. The molecule has 0 spiro atoms. The summed E-state index contributed by atoms with van der Waals surface area (Å²) in [5.41, 5.74) is 0.371. The minimum Gasteiger partial charge on any atom is -0.481 e. The van der Waals surface area contributed by atoms with Crippen LogP contribution in [0.4, 0.5) is 0 Å². The van der Waals surface area contributed by atoms with Crippen LogP contribution in [-0.2, 0) is 11.2 Å². The molecule has 2 aromatic rings. The van der Waals surface area contributed by atoms with E-state index < -0.39 is 5.97 Å². The zero-order chi connectivity index (χ0) is 13.0. The molecule has 1 aromatic heterocycles. The lowest BCUT2D eigenvalue weighted by Crippen LogP contribution is -2.04. The molecule has 0 aliphatic heterocycles. The standard InChI is InChI=1S/C12H10N2O4/c15-10-6-11(14-7-13-10)18-9-3-1-8(2-4-9)5-12(16)17/h1-4,6-7H,5H2,(H,16,17)(H,13,14,15). The number of benzene rings is 1. The van der Waals surface area contributed by atoms with E-state index >= 15 is 0 Å². The molecule has 6 heteroatoms. The Bertz CT molecular complexity index is 604. The predicted molar refractivity (Wildman–Crippen MR) is 62.7 cm³/mol. The largest absolute Gasteiger partial charge is 0.481 e. The number of ether oxygens (including phenoxy) is 1. The van der Waals surface area contributed by atoms with Crippen LogP contribution in [0, 0.1) is 0 Å². The second kappa shape index (κ2) is 5.13. The van der Waals surface area contributed by atoms with E-state index in [9.17, 15) is 9.59 Å². The van der Waals surface area contributed by atoms with Gasteiger partial charge in [0.05, 0.1) is 18.8 Å². The second-order valence-electron chi connectivity index (χ2n) is 3.57. The molecule has 2 rings (SSSR count). The Kier molecular flexibility index (Phi) is 3.38. The van der Waals surface area contributed by atoms with Gasteiger partial charge in [-0.15, -0.1) is 0 Å². The van der Waals surface area contributed by atoms with Gasteiger partial charge in [-0.05, 0) is 17.7 Å². The van der Waals surface area contributed by atoms with Gasteiger partial charge in [-0.2, -0.15) is 0 Å². The highest BCUT2D eigenvalue weighted by molar-refractivity contribution is 5.70. The van der Waals surface area contributed by atoms with Crippen molar-refractivity contribution in [2.24, 2.45) is 0 Å². The molecule has 0 atom stereocenters. The van der Waals surface area contributed by atoms with Crippen molar-refractivity contribution < 1.29 is 14.6 Å². The Morgan fingerprint density at radius 1 is 1.33 bits per heavy atom. The van der Waals surface area contributed by atoms with E-state index in [1.807, 2.05) is 0 Å². The molecule has 92 valence electrons.